The van der Waals surface area contributed by atoms with Crippen molar-refractivity contribution in [1.29, 1.82) is 0 Å². The lowest BCUT2D eigenvalue weighted by Crippen LogP contribution is -2.01. The van der Waals surface area contributed by atoms with E-state index in [1.165, 1.54) is 29.2 Å². The first kappa shape index (κ1) is 9.25. The molecule has 1 aromatic heterocycles. The summed E-state index contributed by atoms with van der Waals surface area (Å²) in [5.74, 6) is -0.473. The highest BCUT2D eigenvalue weighted by Crippen LogP contribution is 2.16. The Morgan fingerprint density at radius 1 is 1.47 bits per heavy atom. The van der Waals surface area contributed by atoms with Gasteiger partial charge in [0, 0.05) is 5.69 Å². The molecule has 0 radical (unpaired) electrons. The Morgan fingerprint density at radius 2 is 2.33 bits per heavy atom. The van der Waals surface area contributed by atoms with Gasteiger partial charge in [0.1, 0.15) is 17.8 Å². The minimum absolute atomic E-state index is 0.173. The molecule has 0 aliphatic heterocycles. The van der Waals surface area contributed by atoms with E-state index in [0.717, 1.165) is 0 Å². The van der Waals surface area contributed by atoms with E-state index in [1.807, 2.05) is 0 Å². The molecule has 0 saturated carbocycles. The Labute approximate surface area is 83.7 Å². The third kappa shape index (κ3) is 1.80. The molecule has 1 aromatic carbocycles. The number of halogens is 1. The number of nitrogens with one attached hydrogen (secondary N) is 1. The van der Waals surface area contributed by atoms with Gasteiger partial charge >= 0.3 is 0 Å². The zero-order chi connectivity index (χ0) is 10.7. The molecule has 0 aliphatic carbocycles. The smallest absolute Gasteiger partial charge is 0.211 e. The van der Waals surface area contributed by atoms with E-state index in [2.05, 4.69) is 20.8 Å². The molecule has 0 aliphatic rings. The van der Waals surface area contributed by atoms with Crippen molar-refractivity contribution in [2.45, 2.75) is 0 Å². The van der Waals surface area contributed by atoms with Crippen LogP contribution in [0.3, 0.4) is 0 Å². The molecule has 7 heteroatoms. The van der Waals surface area contributed by atoms with Crippen molar-refractivity contribution in [1.82, 2.24) is 20.2 Å². The molecule has 76 valence electrons. The first-order valence-corrected chi connectivity index (χ1v) is 4.04. The van der Waals surface area contributed by atoms with Crippen molar-refractivity contribution < 1.29 is 9.18 Å². The van der Waals surface area contributed by atoms with Gasteiger partial charge in [-0.1, -0.05) is 0 Å². The zero-order valence-electron chi connectivity index (χ0n) is 7.46. The maximum absolute atomic E-state index is 13.3. The second-order valence-electron chi connectivity index (χ2n) is 2.68. The number of tetrazole rings is 1. The number of benzene rings is 1. The minimum Gasteiger partial charge on any atom is -0.329 e. The lowest BCUT2D eigenvalue weighted by atomic mass is 10.2. The van der Waals surface area contributed by atoms with E-state index < -0.39 is 5.82 Å². The summed E-state index contributed by atoms with van der Waals surface area (Å²) in [6.45, 7) is 0. The maximum atomic E-state index is 13.3. The first-order chi connectivity index (χ1) is 7.31. The number of amides is 1. The second kappa shape index (κ2) is 3.82. The number of carbonyl (C=O) groups is 1. The van der Waals surface area contributed by atoms with Crippen molar-refractivity contribution in [3.05, 3.63) is 30.3 Å². The summed E-state index contributed by atoms with van der Waals surface area (Å²) in [6.07, 6.45) is 1.78. The van der Waals surface area contributed by atoms with Crippen molar-refractivity contribution in [3.8, 4) is 5.69 Å². The van der Waals surface area contributed by atoms with Crippen LogP contribution in [0.1, 0.15) is 0 Å². The summed E-state index contributed by atoms with van der Waals surface area (Å²) in [4.78, 5) is 10.2. The summed E-state index contributed by atoms with van der Waals surface area (Å²) in [5, 5.41) is 12.7. The zero-order valence-corrected chi connectivity index (χ0v) is 7.46. The van der Waals surface area contributed by atoms with Crippen LogP contribution >= 0.6 is 0 Å². The number of hydrogen-bond acceptors (Lipinski definition) is 4. The van der Waals surface area contributed by atoms with Crippen LogP contribution in [-0.4, -0.2) is 26.6 Å². The van der Waals surface area contributed by atoms with Gasteiger partial charge in [0.25, 0.3) is 0 Å². The van der Waals surface area contributed by atoms with Crippen molar-refractivity contribution in [2.24, 2.45) is 0 Å². The van der Waals surface area contributed by atoms with E-state index in [-0.39, 0.29) is 5.69 Å². The van der Waals surface area contributed by atoms with Gasteiger partial charge < -0.3 is 5.32 Å². The van der Waals surface area contributed by atoms with Gasteiger partial charge in [-0.3, -0.25) is 4.79 Å². The number of carbonyl (C=O) groups excluding carboxylic acids is 1. The average Bonchev–Trinajstić information content (AvgIpc) is 2.74. The van der Waals surface area contributed by atoms with Crippen LogP contribution in [0.25, 0.3) is 5.69 Å². The number of aromatic nitrogens is 4. The topological polar surface area (TPSA) is 72.7 Å². The van der Waals surface area contributed by atoms with E-state index in [4.69, 9.17) is 0 Å². The average molecular weight is 207 g/mol. The van der Waals surface area contributed by atoms with Gasteiger partial charge in [0.2, 0.25) is 6.41 Å². The fourth-order valence-corrected chi connectivity index (χ4v) is 1.12. The lowest BCUT2D eigenvalue weighted by molar-refractivity contribution is -0.105. The standard InChI is InChI=1S/C8H6FN5O/c9-7-2-1-6(10-5-15)3-8(7)14-4-11-12-13-14/h1-5H,(H,10,15). The Bertz CT molecular complexity index is 470. The Kier molecular flexibility index (Phi) is 2.36. The predicted molar refractivity (Wildman–Crippen MR) is 48.8 cm³/mol. The number of anilines is 1. The Hall–Kier alpha value is -2.31. The SMILES string of the molecule is O=CNc1ccc(F)c(-n2cnnn2)c1. The highest BCUT2D eigenvalue weighted by Gasteiger charge is 2.06. The molecule has 6 nitrogen and oxygen atoms in total. The van der Waals surface area contributed by atoms with Crippen molar-refractivity contribution in [3.63, 3.8) is 0 Å². The van der Waals surface area contributed by atoms with Gasteiger partial charge in [-0.2, -0.15) is 4.68 Å². The van der Waals surface area contributed by atoms with Crippen LogP contribution in [0.5, 0.6) is 0 Å². The third-order valence-corrected chi connectivity index (χ3v) is 1.77. The molecule has 0 bridgehead atoms. The molecule has 0 spiro atoms. The molecule has 2 rings (SSSR count). The second-order valence-corrected chi connectivity index (χ2v) is 2.68. The van der Waals surface area contributed by atoms with Gasteiger partial charge in [-0.15, -0.1) is 5.10 Å². The summed E-state index contributed by atoms with van der Waals surface area (Å²) < 4.78 is 14.5. The van der Waals surface area contributed by atoms with Gasteiger partial charge in [-0.05, 0) is 28.6 Å². The van der Waals surface area contributed by atoms with Crippen LogP contribution in [0.15, 0.2) is 24.5 Å². The number of nitrogens with zero attached hydrogens (tertiary/aromatic N) is 4. The predicted octanol–water partition coefficient (Wildman–Crippen LogP) is 0.370. The summed E-state index contributed by atoms with van der Waals surface area (Å²) in [5.41, 5.74) is 0.642. The van der Waals surface area contributed by atoms with Crippen molar-refractivity contribution >= 4 is 12.1 Å². The lowest BCUT2D eigenvalue weighted by Gasteiger charge is -2.04. The molecule has 1 amide bonds. The normalized spacial score (nSPS) is 9.93. The maximum Gasteiger partial charge on any atom is 0.211 e. The molecule has 0 saturated heterocycles. The quantitative estimate of drug-likeness (QED) is 0.738. The molecule has 0 fully saturated rings. The number of hydrogen-bond donors (Lipinski definition) is 1. The summed E-state index contributed by atoms with van der Waals surface area (Å²) in [6, 6.07) is 4.10. The Morgan fingerprint density at radius 3 is 3.00 bits per heavy atom. The fourth-order valence-electron chi connectivity index (χ4n) is 1.12. The van der Waals surface area contributed by atoms with Gasteiger partial charge in [-0.25, -0.2) is 4.39 Å². The molecule has 0 atom stereocenters. The van der Waals surface area contributed by atoms with E-state index in [1.54, 1.807) is 0 Å². The molecular weight excluding hydrogens is 201 g/mol. The van der Waals surface area contributed by atoms with Crippen LogP contribution in [-0.2, 0) is 4.79 Å². The fraction of sp³-hybridized carbons (Fsp3) is 0. The Balaban J connectivity index is 2.45. The van der Waals surface area contributed by atoms with Crippen LogP contribution < -0.4 is 5.32 Å². The number of rotatable bonds is 3. The molecule has 1 heterocycles. The van der Waals surface area contributed by atoms with Gasteiger partial charge in [0.15, 0.2) is 0 Å². The summed E-state index contributed by atoms with van der Waals surface area (Å²) >= 11 is 0. The van der Waals surface area contributed by atoms with Gasteiger partial charge in [0.05, 0.1) is 0 Å². The van der Waals surface area contributed by atoms with E-state index in [0.29, 0.717) is 12.1 Å². The highest BCUT2D eigenvalue weighted by molar-refractivity contribution is 5.72. The van der Waals surface area contributed by atoms with Crippen LogP contribution in [0.2, 0.25) is 0 Å². The molecule has 15 heavy (non-hydrogen) atoms. The molecular formula is C8H6FN5O. The largest absolute Gasteiger partial charge is 0.329 e. The monoisotopic (exact) mass is 207 g/mol. The molecule has 0 unspecified atom stereocenters. The van der Waals surface area contributed by atoms with E-state index >= 15 is 0 Å². The summed E-state index contributed by atoms with van der Waals surface area (Å²) in [7, 11) is 0. The van der Waals surface area contributed by atoms with Crippen LogP contribution in [0, 0.1) is 5.82 Å². The minimum atomic E-state index is -0.473. The third-order valence-electron chi connectivity index (χ3n) is 1.77. The van der Waals surface area contributed by atoms with E-state index in [9.17, 15) is 9.18 Å². The van der Waals surface area contributed by atoms with Crippen LogP contribution in [0.4, 0.5) is 10.1 Å². The highest BCUT2D eigenvalue weighted by atomic mass is 19.1. The molecule has 1 N–H and O–H groups in total. The molecule has 2 aromatic rings. The first-order valence-electron chi connectivity index (χ1n) is 4.04. The van der Waals surface area contributed by atoms with Crippen molar-refractivity contribution in [2.75, 3.05) is 5.32 Å².